The van der Waals surface area contributed by atoms with Gasteiger partial charge in [-0.15, -0.1) is 11.3 Å². The van der Waals surface area contributed by atoms with E-state index in [0.717, 1.165) is 38.3 Å². The summed E-state index contributed by atoms with van der Waals surface area (Å²) in [5, 5.41) is 2.20. The Bertz CT molecular complexity index is 681. The molecule has 0 spiro atoms. The van der Waals surface area contributed by atoms with Crippen molar-refractivity contribution in [3.63, 3.8) is 0 Å². The van der Waals surface area contributed by atoms with Crippen LogP contribution in [0.2, 0.25) is 0 Å². The molecule has 2 aliphatic heterocycles. The number of benzene rings is 1. The van der Waals surface area contributed by atoms with Crippen molar-refractivity contribution in [2.75, 3.05) is 33.2 Å². The zero-order valence-corrected chi connectivity index (χ0v) is 13.1. The second-order valence-electron chi connectivity index (χ2n) is 5.79. The molecule has 1 fully saturated rings. The van der Waals surface area contributed by atoms with Crippen molar-refractivity contribution in [1.82, 2.24) is 9.80 Å². The number of piperazine rings is 1. The first kappa shape index (κ1) is 13.0. The van der Waals surface area contributed by atoms with E-state index < -0.39 is 0 Å². The molecule has 2 aliphatic rings. The average molecular weight is 297 g/mol. The highest BCUT2D eigenvalue weighted by atomic mass is 32.1. The second-order valence-corrected chi connectivity index (χ2v) is 6.79. The number of hydrogen-bond donors (Lipinski definition) is 0. The van der Waals surface area contributed by atoms with E-state index in [0.29, 0.717) is 0 Å². The summed E-state index contributed by atoms with van der Waals surface area (Å²) < 4.78 is 0. The normalized spacial score (nSPS) is 18.7. The first-order valence-corrected chi connectivity index (χ1v) is 8.36. The van der Waals surface area contributed by atoms with Gasteiger partial charge < -0.3 is 9.80 Å². The van der Waals surface area contributed by atoms with Crippen LogP contribution >= 0.6 is 11.3 Å². The SMILES string of the molecule is CN1CCN(C2=Nc3ccccc3Cc3sccc32)CC1. The van der Waals surface area contributed by atoms with Crippen LogP contribution in [0.25, 0.3) is 0 Å². The van der Waals surface area contributed by atoms with Gasteiger partial charge in [0.2, 0.25) is 0 Å². The van der Waals surface area contributed by atoms with E-state index in [1.54, 1.807) is 0 Å². The fourth-order valence-corrected chi connectivity index (χ4v) is 3.95. The monoisotopic (exact) mass is 297 g/mol. The first-order valence-electron chi connectivity index (χ1n) is 7.48. The summed E-state index contributed by atoms with van der Waals surface area (Å²) in [6.45, 7) is 4.35. The van der Waals surface area contributed by atoms with E-state index in [2.05, 4.69) is 52.6 Å². The van der Waals surface area contributed by atoms with Gasteiger partial charge in [-0.25, -0.2) is 4.99 Å². The number of amidine groups is 1. The number of likely N-dealkylation sites (N-methyl/N-ethyl adjacent to an activating group) is 1. The fraction of sp³-hybridized carbons (Fsp3) is 0.353. The zero-order valence-electron chi connectivity index (χ0n) is 12.2. The van der Waals surface area contributed by atoms with Gasteiger partial charge in [0.15, 0.2) is 0 Å². The first-order chi connectivity index (χ1) is 10.3. The van der Waals surface area contributed by atoms with Crippen molar-refractivity contribution in [3.05, 3.63) is 51.7 Å². The summed E-state index contributed by atoms with van der Waals surface area (Å²) in [4.78, 5) is 11.3. The number of aliphatic imine (C=N–C) groups is 1. The third-order valence-electron chi connectivity index (χ3n) is 4.36. The largest absolute Gasteiger partial charge is 0.354 e. The molecular formula is C17H19N3S. The molecule has 0 radical (unpaired) electrons. The number of nitrogens with zero attached hydrogens (tertiary/aromatic N) is 3. The van der Waals surface area contributed by atoms with Gasteiger partial charge in [0, 0.05) is 43.0 Å². The van der Waals surface area contributed by atoms with E-state index in [-0.39, 0.29) is 0 Å². The molecule has 4 heteroatoms. The minimum absolute atomic E-state index is 1.00. The summed E-state index contributed by atoms with van der Waals surface area (Å²) in [5.41, 5.74) is 3.81. The lowest BCUT2D eigenvalue weighted by Gasteiger charge is -2.34. The molecule has 0 bridgehead atoms. The molecule has 1 saturated heterocycles. The van der Waals surface area contributed by atoms with Gasteiger partial charge in [0.05, 0.1) is 5.69 Å². The van der Waals surface area contributed by atoms with Crippen molar-refractivity contribution in [2.24, 2.45) is 4.99 Å². The third kappa shape index (κ3) is 2.39. The average Bonchev–Trinajstić information content (AvgIpc) is 2.89. The molecule has 108 valence electrons. The highest BCUT2D eigenvalue weighted by Crippen LogP contribution is 2.32. The molecule has 0 atom stereocenters. The minimum Gasteiger partial charge on any atom is -0.354 e. The zero-order chi connectivity index (χ0) is 14.2. The molecule has 0 saturated carbocycles. The van der Waals surface area contributed by atoms with Gasteiger partial charge >= 0.3 is 0 Å². The number of rotatable bonds is 0. The smallest absolute Gasteiger partial charge is 0.137 e. The van der Waals surface area contributed by atoms with Gasteiger partial charge in [-0.3, -0.25) is 0 Å². The van der Waals surface area contributed by atoms with Crippen LogP contribution in [-0.4, -0.2) is 48.9 Å². The Labute approximate surface area is 129 Å². The molecule has 0 unspecified atom stereocenters. The molecule has 1 aromatic heterocycles. The summed E-state index contributed by atoms with van der Waals surface area (Å²) in [7, 11) is 2.19. The molecule has 3 nitrogen and oxygen atoms in total. The lowest BCUT2D eigenvalue weighted by Crippen LogP contribution is -2.47. The predicted octanol–water partition coefficient (Wildman–Crippen LogP) is 2.98. The maximum Gasteiger partial charge on any atom is 0.137 e. The fourth-order valence-electron chi connectivity index (χ4n) is 3.05. The molecule has 2 aromatic rings. The maximum atomic E-state index is 5.03. The number of hydrogen-bond acceptors (Lipinski definition) is 4. The van der Waals surface area contributed by atoms with Crippen LogP contribution in [0.1, 0.15) is 16.0 Å². The van der Waals surface area contributed by atoms with Gasteiger partial charge in [0.25, 0.3) is 0 Å². The van der Waals surface area contributed by atoms with Gasteiger partial charge in [0.1, 0.15) is 5.84 Å². The van der Waals surface area contributed by atoms with Gasteiger partial charge in [-0.2, -0.15) is 0 Å². The highest BCUT2D eigenvalue weighted by Gasteiger charge is 2.24. The van der Waals surface area contributed by atoms with Crippen LogP contribution in [0.15, 0.2) is 40.7 Å². The van der Waals surface area contributed by atoms with Crippen LogP contribution in [-0.2, 0) is 6.42 Å². The lowest BCUT2D eigenvalue weighted by atomic mass is 10.1. The molecule has 1 aromatic carbocycles. The summed E-state index contributed by atoms with van der Waals surface area (Å²) in [6, 6.07) is 10.8. The molecule has 0 aliphatic carbocycles. The van der Waals surface area contributed by atoms with Crippen molar-refractivity contribution in [2.45, 2.75) is 6.42 Å². The highest BCUT2D eigenvalue weighted by molar-refractivity contribution is 7.10. The molecular weight excluding hydrogens is 278 g/mol. The number of thiophene rings is 1. The predicted molar refractivity (Wildman–Crippen MR) is 88.8 cm³/mol. The summed E-state index contributed by atoms with van der Waals surface area (Å²) >= 11 is 1.85. The van der Waals surface area contributed by atoms with E-state index in [4.69, 9.17) is 4.99 Å². The molecule has 3 heterocycles. The Morgan fingerprint density at radius 3 is 2.71 bits per heavy atom. The maximum absolute atomic E-state index is 5.03. The molecule has 0 N–H and O–H groups in total. The lowest BCUT2D eigenvalue weighted by molar-refractivity contribution is 0.216. The Hall–Kier alpha value is -1.65. The topological polar surface area (TPSA) is 18.8 Å². The van der Waals surface area contributed by atoms with E-state index in [9.17, 15) is 0 Å². The third-order valence-corrected chi connectivity index (χ3v) is 5.28. The van der Waals surface area contributed by atoms with Crippen molar-refractivity contribution < 1.29 is 0 Å². The Morgan fingerprint density at radius 1 is 1.05 bits per heavy atom. The van der Waals surface area contributed by atoms with Crippen LogP contribution < -0.4 is 0 Å². The molecule has 0 amide bonds. The van der Waals surface area contributed by atoms with Crippen LogP contribution in [0.3, 0.4) is 0 Å². The Kier molecular flexibility index (Phi) is 3.28. The van der Waals surface area contributed by atoms with Crippen LogP contribution in [0.5, 0.6) is 0 Å². The van der Waals surface area contributed by atoms with Gasteiger partial charge in [-0.1, -0.05) is 18.2 Å². The van der Waals surface area contributed by atoms with E-state index in [1.807, 2.05) is 11.3 Å². The van der Waals surface area contributed by atoms with Crippen molar-refractivity contribution in [1.29, 1.82) is 0 Å². The molecule has 21 heavy (non-hydrogen) atoms. The van der Waals surface area contributed by atoms with E-state index >= 15 is 0 Å². The van der Waals surface area contributed by atoms with Crippen LogP contribution in [0, 0.1) is 0 Å². The quantitative estimate of drug-likeness (QED) is 0.744. The standard InChI is InChI=1S/C17H19N3S/c1-19-7-9-20(10-8-19)17-14-6-11-21-16(14)12-13-4-2-3-5-15(13)18-17/h2-6,11H,7-10,12H2,1H3. The Balaban J connectivity index is 1.79. The van der Waals surface area contributed by atoms with Crippen molar-refractivity contribution in [3.8, 4) is 0 Å². The van der Waals surface area contributed by atoms with Gasteiger partial charge in [-0.05, 0) is 30.1 Å². The minimum atomic E-state index is 1.00. The summed E-state index contributed by atoms with van der Waals surface area (Å²) in [5.74, 6) is 1.17. The second kappa shape index (κ2) is 5.28. The number of fused-ring (bicyclic) bond motifs is 2. The van der Waals surface area contributed by atoms with Crippen LogP contribution in [0.4, 0.5) is 5.69 Å². The molecule has 4 rings (SSSR count). The summed E-state index contributed by atoms with van der Waals surface area (Å²) in [6.07, 6.45) is 1.00. The van der Waals surface area contributed by atoms with Crippen molar-refractivity contribution >= 4 is 22.9 Å². The Morgan fingerprint density at radius 2 is 1.86 bits per heavy atom. The van der Waals surface area contributed by atoms with E-state index in [1.165, 1.54) is 21.8 Å². The number of para-hydroxylation sites is 1.